The predicted molar refractivity (Wildman–Crippen MR) is 595 cm³/mol. The van der Waals surface area contributed by atoms with E-state index in [0.29, 0.717) is 143 Å². The van der Waals surface area contributed by atoms with Gasteiger partial charge in [-0.05, 0) is 260 Å². The first kappa shape index (κ1) is 115. The summed E-state index contributed by atoms with van der Waals surface area (Å²) >= 11 is 78.6. The highest BCUT2D eigenvalue weighted by Crippen LogP contribution is 2.43. The number of benzene rings is 6. The molecule has 26 nitrogen and oxygen atoms in total. The SMILES string of the molecule is C.C.C.CC(C)(C)OC(=O)N1CCC(c2nc3cc(Cl)c(Cl)cc3[nH]2)CC1.CC(C)(C)OC(=O)N1CCC(c2nc3cc(Cl)c(Cl)cc3n2CCCI)CC1.CC(C)(C)OC(=O)N1CCC(c2nc3cc(Cl)c(Cl)cc3n2CCCn2c(C3CCN(C(=O)OC(C)(C)C)CC3)nc3cc(Cl)c(Cl)cc32)CC1.Clc1cc2nc(C3CCNCC3)n(CCC[n+]3c(C4CCNCC4)[nH]c4cc(Cl)c(Cl)cc43)c2cc1Cl. The lowest BCUT2D eigenvalue weighted by Gasteiger charge is -2.33. The van der Waals surface area contributed by atoms with E-state index in [-0.39, 0.29) is 64.4 Å². The van der Waals surface area contributed by atoms with Crippen LogP contribution in [0.4, 0.5) is 19.2 Å². The predicted octanol–water partition coefficient (Wildman–Crippen LogP) is 29.9. The van der Waals surface area contributed by atoms with E-state index in [0.717, 1.165) is 242 Å². The molecule has 0 unspecified atom stereocenters. The molecule has 6 fully saturated rings. The number of carbonyl (C=O) groups is 4. The number of nitrogens with zero attached hydrogens (tertiary/aromatic N) is 14. The summed E-state index contributed by atoms with van der Waals surface area (Å²) in [5.41, 5.74) is 9.13. The van der Waals surface area contributed by atoms with Gasteiger partial charge in [0.05, 0.1) is 128 Å². The molecule has 6 aliphatic heterocycles. The zero-order valence-electron chi connectivity index (χ0n) is 81.2. The number of amides is 4. The van der Waals surface area contributed by atoms with Crippen LogP contribution in [0.2, 0.25) is 60.3 Å². The molecule has 6 aromatic heterocycles. The lowest BCUT2D eigenvalue weighted by molar-refractivity contribution is -0.681. The van der Waals surface area contributed by atoms with Crippen molar-refractivity contribution < 1.29 is 42.7 Å². The number of piperidine rings is 6. The molecule has 0 spiro atoms. The van der Waals surface area contributed by atoms with Gasteiger partial charge in [-0.2, -0.15) is 0 Å². The van der Waals surface area contributed by atoms with Crippen LogP contribution < -0.4 is 15.2 Å². The summed E-state index contributed by atoms with van der Waals surface area (Å²) in [6.45, 7) is 35.7. The Morgan fingerprint density at radius 2 is 0.594 bits per heavy atom. The van der Waals surface area contributed by atoms with Crippen LogP contribution in [-0.2, 0) is 51.7 Å². The number of nitrogens with one attached hydrogen (secondary N) is 4. The zero-order chi connectivity index (χ0) is 100. The van der Waals surface area contributed by atoms with E-state index in [9.17, 15) is 19.2 Å². The van der Waals surface area contributed by atoms with Crippen LogP contribution in [0.1, 0.15) is 272 Å². The van der Waals surface area contributed by atoms with Gasteiger partial charge >= 0.3 is 24.4 Å². The number of H-pyrrole nitrogens is 2. The number of ether oxygens (including phenoxy) is 4. The highest BCUT2D eigenvalue weighted by Gasteiger charge is 2.38. The van der Waals surface area contributed by atoms with Crippen LogP contribution in [-0.4, -0.2) is 202 Å². The highest BCUT2D eigenvalue weighted by atomic mass is 127. The summed E-state index contributed by atoms with van der Waals surface area (Å²) in [5.74, 6) is 8.12. The van der Waals surface area contributed by atoms with Gasteiger partial charge in [0.25, 0.3) is 5.82 Å². The van der Waals surface area contributed by atoms with Crippen molar-refractivity contribution in [2.75, 3.05) is 83.0 Å². The second kappa shape index (κ2) is 49.4. The van der Waals surface area contributed by atoms with Crippen LogP contribution in [0.5, 0.6) is 0 Å². The van der Waals surface area contributed by atoms with Crippen LogP contribution in [0.25, 0.3) is 66.2 Å². The number of imidazole rings is 6. The molecule has 6 aromatic carbocycles. The van der Waals surface area contributed by atoms with Crippen LogP contribution in [0, 0.1) is 0 Å². The van der Waals surface area contributed by atoms with E-state index in [1.807, 2.05) is 144 Å². The maximum absolute atomic E-state index is 12.8. The van der Waals surface area contributed by atoms with E-state index in [2.05, 4.69) is 71.0 Å². The monoisotopic (exact) mass is 2310 g/mol. The minimum absolute atomic E-state index is 0. The van der Waals surface area contributed by atoms with Gasteiger partial charge < -0.3 is 72.4 Å². The van der Waals surface area contributed by atoms with E-state index < -0.39 is 22.4 Å². The minimum Gasteiger partial charge on any atom is -0.444 e. The van der Waals surface area contributed by atoms with Crippen molar-refractivity contribution in [3.63, 3.8) is 0 Å². The molecule has 0 atom stereocenters. The molecule has 143 heavy (non-hydrogen) atoms. The zero-order valence-corrected chi connectivity index (χ0v) is 92.4. The second-order valence-corrected chi connectivity index (χ2v) is 47.1. The van der Waals surface area contributed by atoms with Crippen molar-refractivity contribution in [3.05, 3.63) is 168 Å². The Bertz CT molecular complexity index is 6180. The summed E-state index contributed by atoms with van der Waals surface area (Å²) in [7, 11) is 0. The molecule has 0 aliphatic carbocycles. The van der Waals surface area contributed by atoms with Gasteiger partial charge in [-0.25, -0.2) is 53.6 Å². The average Bonchev–Trinajstić information content (AvgIpc) is 1.63. The smallest absolute Gasteiger partial charge is 0.410 e. The lowest BCUT2D eigenvalue weighted by Crippen LogP contribution is -2.41. The van der Waals surface area contributed by atoms with Crippen LogP contribution in [0.3, 0.4) is 0 Å². The molecule has 0 saturated carbocycles. The molecule has 0 bridgehead atoms. The summed E-state index contributed by atoms with van der Waals surface area (Å²) in [6.07, 6.45) is 12.6. The van der Waals surface area contributed by atoms with Crippen LogP contribution in [0.15, 0.2) is 72.8 Å². The van der Waals surface area contributed by atoms with Crippen molar-refractivity contribution in [3.8, 4) is 0 Å². The van der Waals surface area contributed by atoms with E-state index >= 15 is 0 Å². The van der Waals surface area contributed by atoms with Gasteiger partial charge in [0.15, 0.2) is 11.0 Å². The topological polar surface area (TPSA) is 262 Å². The standard InChI is InChI=1S/C37H46Cl4N6O4.C27H30Cl4N6.C20H26Cl2IN3O2.C17H21Cl2N3O2.3CH4/c1-36(2,3)50-34(48)44-14-8-22(9-15-44)32-42-28-18-24(38)26(40)20-30(28)46(32)12-7-13-47-31-21-27(41)25(39)19-29(31)43-33(47)23-10-16-45(17-11-23)35(49)51-37(4,5)6;28-18-12-22-24(14-20(18)30)36(26(34-22)16-2-6-32-7-3-16)10-1-11-37-25-15-21(31)19(29)13-23(25)35-27(37)17-4-8-33-9-5-17;1-20(2,3)28-19(27)25-9-5-13(6-10-25)18-24-16-11-14(21)15(22)12-17(16)26(18)8-4-7-23;1-17(2,3)24-16(23)22-6-4-10(5-7-22)15-20-13-8-11(18)12(19)9-14(13)21-15;;;/h18-23H,7-17H2,1-6H3;12-17,32-33H,1-11H2;11-13H,4-10H2,1-3H3;8-10H,4-7H2,1-3H3,(H,20,21);3*1H4/p+1. The molecule has 4 N–H and O–H groups in total. The molecule has 780 valence electrons. The first-order chi connectivity index (χ1) is 66.4. The number of likely N-dealkylation sites (tertiary alicyclic amines) is 4. The molecule has 6 saturated heterocycles. The number of hydrogen-bond donors (Lipinski definition) is 4. The quantitative estimate of drug-likeness (QED) is 0.0286. The Labute approximate surface area is 913 Å². The number of carbonyl (C=O) groups excluding carboxylic acids is 4. The van der Waals surface area contributed by atoms with Crippen molar-refractivity contribution in [2.45, 2.75) is 292 Å². The largest absolute Gasteiger partial charge is 0.444 e. The van der Waals surface area contributed by atoms with Gasteiger partial charge in [-0.1, -0.05) is 184 Å². The lowest BCUT2D eigenvalue weighted by atomic mass is 9.96. The molecular formula is C104H136Cl12IN18O8+. The third kappa shape index (κ3) is 28.7. The van der Waals surface area contributed by atoms with Crippen molar-refractivity contribution in [1.82, 2.24) is 83.4 Å². The minimum atomic E-state index is -0.546. The molecule has 12 heterocycles. The molecular weight excluding hydrogens is 2180 g/mol. The first-order valence-corrected chi connectivity index (χ1v) is 54.5. The number of aromatic nitrogens is 12. The summed E-state index contributed by atoms with van der Waals surface area (Å²) in [6, 6.07) is 22.6. The number of rotatable bonds is 17. The highest BCUT2D eigenvalue weighted by molar-refractivity contribution is 14.1. The molecule has 0 radical (unpaired) electrons. The third-order valence-electron chi connectivity index (χ3n) is 26.2. The number of fused-ring (bicyclic) bond motifs is 6. The third-order valence-corrected chi connectivity index (χ3v) is 31.3. The Hall–Kier alpha value is -6.65. The normalized spacial score (nSPS) is 16.5. The Morgan fingerprint density at radius 3 is 0.916 bits per heavy atom. The van der Waals surface area contributed by atoms with Crippen molar-refractivity contribution >= 4 is 252 Å². The van der Waals surface area contributed by atoms with Gasteiger partial charge in [0.1, 0.15) is 51.5 Å². The summed E-state index contributed by atoms with van der Waals surface area (Å²) < 4.78 is 34.8. The molecule has 4 amide bonds. The fourth-order valence-corrected chi connectivity index (χ4v) is 21.7. The average molecular weight is 2320 g/mol. The number of aryl methyl sites for hydroxylation is 5. The van der Waals surface area contributed by atoms with Gasteiger partial charge in [0, 0.05) is 131 Å². The van der Waals surface area contributed by atoms with Gasteiger partial charge in [0.2, 0.25) is 0 Å². The Kier molecular flexibility index (Phi) is 39.8. The van der Waals surface area contributed by atoms with E-state index in [1.165, 1.54) is 5.82 Å². The number of aromatic amines is 2. The molecule has 12 aromatic rings. The van der Waals surface area contributed by atoms with E-state index in [4.69, 9.17) is 178 Å². The maximum atomic E-state index is 12.8. The van der Waals surface area contributed by atoms with Crippen molar-refractivity contribution in [1.29, 1.82) is 0 Å². The van der Waals surface area contributed by atoms with Crippen LogP contribution >= 0.6 is 162 Å². The fourth-order valence-electron chi connectivity index (χ4n) is 19.5. The fraction of sp³-hybridized carbons (Fsp3) is 0.558. The number of halogens is 13. The number of hydrogen-bond acceptors (Lipinski definition) is 15. The molecule has 39 heteroatoms. The Morgan fingerprint density at radius 1 is 0.329 bits per heavy atom. The summed E-state index contributed by atoms with van der Waals surface area (Å²) in [5, 5.41) is 13.2. The first-order valence-electron chi connectivity index (χ1n) is 48.4. The van der Waals surface area contributed by atoms with Crippen molar-refractivity contribution in [2.24, 2.45) is 0 Å². The molecule has 6 aliphatic rings. The van der Waals surface area contributed by atoms with E-state index in [1.54, 1.807) is 31.7 Å². The second-order valence-electron chi connectivity index (χ2n) is 41.1. The summed E-state index contributed by atoms with van der Waals surface area (Å²) in [4.78, 5) is 88.9. The number of alkyl halides is 1. The maximum Gasteiger partial charge on any atom is 0.410 e. The Balaban J connectivity index is 0.000000176. The molecule has 18 rings (SSSR count). The van der Waals surface area contributed by atoms with Gasteiger partial charge in [-0.15, -0.1) is 0 Å². The van der Waals surface area contributed by atoms with Gasteiger partial charge in [-0.3, -0.25) is 0 Å².